The molecule has 0 aromatic heterocycles. The van der Waals surface area contributed by atoms with Gasteiger partial charge in [-0.05, 0) is 66.4 Å². The van der Waals surface area contributed by atoms with Crippen molar-refractivity contribution in [3.8, 4) is 0 Å². The zero-order valence-corrected chi connectivity index (χ0v) is 18.6. The molecule has 31 heavy (non-hydrogen) atoms. The van der Waals surface area contributed by atoms with Gasteiger partial charge in [-0.1, -0.05) is 50.1 Å². The number of esters is 1. The molecule has 2 aromatic carbocycles. The van der Waals surface area contributed by atoms with Crippen LogP contribution in [0.25, 0.3) is 6.08 Å². The predicted octanol–water partition coefficient (Wildman–Crippen LogP) is 5.66. The topological polar surface area (TPSA) is 59.0 Å². The number of amides is 1. The van der Waals surface area contributed by atoms with Gasteiger partial charge in [0.05, 0.1) is 23.3 Å². The Bertz CT molecular complexity index is 1010. The molecule has 2 aliphatic rings. The zero-order valence-electron chi connectivity index (χ0n) is 17.8. The molecule has 5 nitrogen and oxygen atoms in total. The molecular weight excluding hydrogens is 408 g/mol. The lowest BCUT2D eigenvalue weighted by molar-refractivity contribution is -0.124. The molecule has 1 saturated heterocycles. The Morgan fingerprint density at radius 1 is 1.10 bits per heavy atom. The lowest BCUT2D eigenvalue weighted by Gasteiger charge is -2.35. The van der Waals surface area contributed by atoms with Crippen molar-refractivity contribution in [1.82, 2.24) is 4.90 Å². The monoisotopic (exact) mass is 434 g/mol. The van der Waals surface area contributed by atoms with Crippen molar-refractivity contribution >= 4 is 40.6 Å². The van der Waals surface area contributed by atoms with Crippen LogP contribution in [-0.2, 0) is 9.53 Å². The summed E-state index contributed by atoms with van der Waals surface area (Å²) in [5.41, 5.74) is 2.19. The number of methoxy groups -OCH3 is 1. The summed E-state index contributed by atoms with van der Waals surface area (Å²) in [5.74, 6) is 0.0775. The van der Waals surface area contributed by atoms with Crippen LogP contribution < -0.4 is 0 Å². The third-order valence-corrected chi connectivity index (χ3v) is 6.83. The van der Waals surface area contributed by atoms with Crippen molar-refractivity contribution < 1.29 is 14.3 Å². The Hall–Kier alpha value is -2.86. The van der Waals surface area contributed by atoms with Gasteiger partial charge in [-0.2, -0.15) is 0 Å². The number of aliphatic imine (C=N–C) groups is 1. The average Bonchev–Trinajstić information content (AvgIpc) is 3.09. The highest BCUT2D eigenvalue weighted by Gasteiger charge is 2.41. The normalized spacial score (nSPS) is 24.1. The lowest BCUT2D eigenvalue weighted by atomic mass is 9.85. The van der Waals surface area contributed by atoms with Crippen molar-refractivity contribution in [1.29, 1.82) is 0 Å². The maximum atomic E-state index is 13.5. The number of nitrogens with zero attached hydrogens (tertiary/aromatic N) is 2. The van der Waals surface area contributed by atoms with Gasteiger partial charge in [-0.3, -0.25) is 9.69 Å². The number of para-hydroxylation sites is 1. The van der Waals surface area contributed by atoms with Gasteiger partial charge >= 0.3 is 5.97 Å². The molecule has 2 fully saturated rings. The number of carbonyl (C=O) groups is 2. The van der Waals surface area contributed by atoms with E-state index < -0.39 is 0 Å². The number of rotatable bonds is 4. The number of hydrogen-bond acceptors (Lipinski definition) is 5. The standard InChI is InChI=1S/C25H26N2O3S/c1-17-8-6-7-11-21(17)27-23(28)22(31-25(27)26-20-9-4-3-5-10-20)16-18-12-14-19(15-13-18)24(29)30-2/h3-5,9-10,12-17,21H,6-8,11H2,1-2H3/b22-16-,26-25?/t17-,21+/m0/s1. The minimum atomic E-state index is -0.375. The largest absolute Gasteiger partial charge is 0.465 e. The first-order valence-corrected chi connectivity index (χ1v) is 11.4. The first-order valence-electron chi connectivity index (χ1n) is 10.6. The molecule has 0 radical (unpaired) electrons. The minimum absolute atomic E-state index is 0.00970. The van der Waals surface area contributed by atoms with E-state index in [-0.39, 0.29) is 17.9 Å². The van der Waals surface area contributed by atoms with E-state index in [1.165, 1.54) is 25.3 Å². The van der Waals surface area contributed by atoms with E-state index in [1.807, 2.05) is 53.4 Å². The molecular formula is C25H26N2O3S. The van der Waals surface area contributed by atoms with Gasteiger partial charge in [-0.25, -0.2) is 9.79 Å². The van der Waals surface area contributed by atoms with Crippen LogP contribution in [0.1, 0.15) is 48.5 Å². The van der Waals surface area contributed by atoms with E-state index >= 15 is 0 Å². The van der Waals surface area contributed by atoms with Gasteiger partial charge in [0.25, 0.3) is 5.91 Å². The second-order valence-electron chi connectivity index (χ2n) is 7.96. The van der Waals surface area contributed by atoms with Gasteiger partial charge in [0.1, 0.15) is 0 Å². The van der Waals surface area contributed by atoms with Crippen molar-refractivity contribution in [2.45, 2.75) is 38.6 Å². The fraction of sp³-hybridized carbons (Fsp3) is 0.320. The number of amidine groups is 1. The van der Waals surface area contributed by atoms with Crippen LogP contribution in [-0.4, -0.2) is 35.1 Å². The molecule has 1 aliphatic carbocycles. The maximum absolute atomic E-state index is 13.5. The van der Waals surface area contributed by atoms with Crippen molar-refractivity contribution in [3.63, 3.8) is 0 Å². The van der Waals surface area contributed by atoms with Crippen LogP contribution in [0.15, 0.2) is 64.5 Å². The number of thioether (sulfide) groups is 1. The van der Waals surface area contributed by atoms with Crippen molar-refractivity contribution in [2.75, 3.05) is 7.11 Å². The highest BCUT2D eigenvalue weighted by molar-refractivity contribution is 8.18. The fourth-order valence-electron chi connectivity index (χ4n) is 4.14. The molecule has 4 rings (SSSR count). The minimum Gasteiger partial charge on any atom is -0.465 e. The molecule has 0 spiro atoms. The molecule has 2 atom stereocenters. The summed E-state index contributed by atoms with van der Waals surface area (Å²) in [5, 5.41) is 0.743. The Balaban J connectivity index is 1.67. The highest BCUT2D eigenvalue weighted by atomic mass is 32.2. The first kappa shape index (κ1) is 21.4. The molecule has 0 bridgehead atoms. The summed E-state index contributed by atoms with van der Waals surface area (Å²) in [6, 6.07) is 17.0. The first-order chi connectivity index (χ1) is 15.1. The second-order valence-corrected chi connectivity index (χ2v) is 8.97. The SMILES string of the molecule is COC(=O)c1ccc(/C=C2\SC(=Nc3ccccc3)N([C@@H]3CCCC[C@@H]3C)C2=O)cc1. The summed E-state index contributed by atoms with van der Waals surface area (Å²) in [6.07, 6.45) is 6.36. The van der Waals surface area contributed by atoms with Crippen LogP contribution in [0, 0.1) is 5.92 Å². The third kappa shape index (κ3) is 4.74. The van der Waals surface area contributed by atoms with E-state index in [1.54, 1.807) is 12.1 Å². The van der Waals surface area contributed by atoms with Gasteiger partial charge in [0, 0.05) is 6.04 Å². The molecule has 6 heteroatoms. The number of benzene rings is 2. The average molecular weight is 435 g/mol. The van der Waals surface area contributed by atoms with E-state index in [0.717, 1.165) is 35.7 Å². The zero-order chi connectivity index (χ0) is 21.8. The lowest BCUT2D eigenvalue weighted by Crippen LogP contribution is -2.44. The number of hydrogen-bond donors (Lipinski definition) is 0. The molecule has 1 aliphatic heterocycles. The van der Waals surface area contributed by atoms with Crippen LogP contribution >= 0.6 is 11.8 Å². The van der Waals surface area contributed by atoms with Crippen molar-refractivity contribution in [2.24, 2.45) is 10.9 Å². The predicted molar refractivity (Wildman–Crippen MR) is 125 cm³/mol. The molecule has 160 valence electrons. The van der Waals surface area contributed by atoms with Crippen molar-refractivity contribution in [3.05, 3.63) is 70.6 Å². The highest BCUT2D eigenvalue weighted by Crippen LogP contribution is 2.40. The Morgan fingerprint density at radius 2 is 1.81 bits per heavy atom. The van der Waals surface area contributed by atoms with Crippen LogP contribution in [0.5, 0.6) is 0 Å². The van der Waals surface area contributed by atoms with Gasteiger partial charge in [0.15, 0.2) is 5.17 Å². The van der Waals surface area contributed by atoms with Gasteiger partial charge in [0.2, 0.25) is 0 Å². The van der Waals surface area contributed by atoms with Gasteiger partial charge < -0.3 is 4.74 Å². The summed E-state index contributed by atoms with van der Waals surface area (Å²) in [6.45, 7) is 2.23. The Labute approximate surface area is 187 Å². The quantitative estimate of drug-likeness (QED) is 0.460. The summed E-state index contributed by atoms with van der Waals surface area (Å²) >= 11 is 1.42. The molecule has 0 N–H and O–H groups in total. The van der Waals surface area contributed by atoms with Crippen LogP contribution in [0.3, 0.4) is 0 Å². The Morgan fingerprint density at radius 3 is 2.48 bits per heavy atom. The molecule has 2 aromatic rings. The van der Waals surface area contributed by atoms with E-state index in [9.17, 15) is 9.59 Å². The van der Waals surface area contributed by atoms with Crippen LogP contribution in [0.4, 0.5) is 5.69 Å². The molecule has 1 heterocycles. The second kappa shape index (κ2) is 9.52. The maximum Gasteiger partial charge on any atom is 0.337 e. The summed E-state index contributed by atoms with van der Waals surface area (Å²) < 4.78 is 4.75. The molecule has 1 amide bonds. The van der Waals surface area contributed by atoms with E-state index in [2.05, 4.69) is 6.92 Å². The fourth-order valence-corrected chi connectivity index (χ4v) is 5.18. The van der Waals surface area contributed by atoms with Crippen LogP contribution in [0.2, 0.25) is 0 Å². The van der Waals surface area contributed by atoms with Gasteiger partial charge in [-0.15, -0.1) is 0 Å². The Kier molecular flexibility index (Phi) is 6.56. The molecule has 1 saturated carbocycles. The van der Waals surface area contributed by atoms with E-state index in [0.29, 0.717) is 16.4 Å². The summed E-state index contributed by atoms with van der Waals surface area (Å²) in [7, 11) is 1.36. The number of ether oxygens (including phenoxy) is 1. The third-order valence-electron chi connectivity index (χ3n) is 5.85. The molecule has 0 unspecified atom stereocenters. The number of carbonyl (C=O) groups excluding carboxylic acids is 2. The smallest absolute Gasteiger partial charge is 0.337 e. The summed E-state index contributed by atoms with van der Waals surface area (Å²) in [4.78, 5) is 32.5. The van der Waals surface area contributed by atoms with E-state index in [4.69, 9.17) is 9.73 Å².